The van der Waals surface area contributed by atoms with Crippen LogP contribution in [0.4, 0.5) is 68.2 Å². The molecule has 0 spiro atoms. The fourth-order valence-corrected chi connectivity index (χ4v) is 10.0. The highest BCUT2D eigenvalue weighted by atomic mass is 15.2. The van der Waals surface area contributed by atoms with Crippen molar-refractivity contribution in [1.29, 1.82) is 0 Å². The van der Waals surface area contributed by atoms with E-state index < -0.39 is 0 Å². The normalized spacial score (nSPS) is 11.2. The van der Waals surface area contributed by atoms with Gasteiger partial charge in [-0.15, -0.1) is 0 Å². The van der Waals surface area contributed by atoms with Gasteiger partial charge in [0.2, 0.25) is 0 Å². The summed E-state index contributed by atoms with van der Waals surface area (Å²) in [6.07, 6.45) is 4.38. The second-order valence-corrected chi connectivity index (χ2v) is 18.2. The Morgan fingerprint density at radius 2 is 0.405 bits per heavy atom. The van der Waals surface area contributed by atoms with E-state index in [4.69, 9.17) is 0 Å². The zero-order valence-corrected chi connectivity index (χ0v) is 40.8. The molecule has 0 N–H and O–H groups in total. The van der Waals surface area contributed by atoms with E-state index >= 15 is 0 Å². The van der Waals surface area contributed by atoms with Crippen LogP contribution >= 0.6 is 0 Å². The van der Waals surface area contributed by atoms with Gasteiger partial charge in [-0.05, 0) is 155 Å². The zero-order valence-electron chi connectivity index (χ0n) is 40.8. The lowest BCUT2D eigenvalue weighted by Crippen LogP contribution is -2.13. The lowest BCUT2D eigenvalue weighted by atomic mass is 10.1. The van der Waals surface area contributed by atoms with E-state index in [1.165, 1.54) is 21.5 Å². The molecule has 0 unspecified atom stereocenters. The van der Waals surface area contributed by atoms with Crippen molar-refractivity contribution < 1.29 is 0 Å². The molecule has 0 radical (unpaired) electrons. The summed E-state index contributed by atoms with van der Waals surface area (Å²) in [6.45, 7) is 0. The monoisotopic (exact) mass is 948 g/mol. The summed E-state index contributed by atoms with van der Waals surface area (Å²) < 4.78 is 0. The number of nitrogens with zero attached hydrogens (tertiary/aromatic N) is 4. The standard InChI is InChI=1S/C70H52N4/c1-5-23-57(24-6-1)71(58-25-7-2-8-26-58)61-41-37-53(38-42-61)35-36-54-39-43-62(44-40-54)72(63-45-49-65(50-46-63)73(59-27-9-3-10-28-59)69-33-17-21-55-19-13-15-31-67(55)69)64-47-51-66(52-48-64)74(60-29-11-4-12-30-60)70-34-18-22-56-20-14-16-32-68(56)70/h1-52H. The van der Waals surface area contributed by atoms with Gasteiger partial charge < -0.3 is 19.6 Å². The highest BCUT2D eigenvalue weighted by Crippen LogP contribution is 2.44. The quantitative estimate of drug-likeness (QED) is 0.101. The maximum Gasteiger partial charge on any atom is 0.0540 e. The van der Waals surface area contributed by atoms with E-state index in [9.17, 15) is 0 Å². The van der Waals surface area contributed by atoms with Gasteiger partial charge in [0, 0.05) is 67.6 Å². The van der Waals surface area contributed by atoms with Crippen LogP contribution in [0.15, 0.2) is 303 Å². The summed E-state index contributed by atoms with van der Waals surface area (Å²) in [6, 6.07) is 108. The summed E-state index contributed by atoms with van der Waals surface area (Å²) in [5.41, 5.74) is 15.3. The third-order valence-corrected chi connectivity index (χ3v) is 13.6. The maximum absolute atomic E-state index is 2.36. The van der Waals surface area contributed by atoms with Gasteiger partial charge in [0.1, 0.15) is 0 Å². The van der Waals surface area contributed by atoms with Gasteiger partial charge in [-0.3, -0.25) is 0 Å². The van der Waals surface area contributed by atoms with Gasteiger partial charge in [0.25, 0.3) is 0 Å². The third kappa shape index (κ3) is 9.39. The number of anilines is 12. The smallest absolute Gasteiger partial charge is 0.0540 e. The first-order valence-corrected chi connectivity index (χ1v) is 25.2. The number of hydrogen-bond acceptors (Lipinski definition) is 4. The van der Waals surface area contributed by atoms with Crippen LogP contribution in [0.2, 0.25) is 0 Å². The van der Waals surface area contributed by atoms with Crippen molar-refractivity contribution in [3.8, 4) is 0 Å². The molecule has 0 aromatic heterocycles. The number of fused-ring (bicyclic) bond motifs is 2. The molecular formula is C70H52N4. The van der Waals surface area contributed by atoms with Gasteiger partial charge >= 0.3 is 0 Å². The molecule has 0 aliphatic rings. The Morgan fingerprint density at radius 1 is 0.176 bits per heavy atom. The molecule has 0 saturated heterocycles. The minimum Gasteiger partial charge on any atom is -0.311 e. The van der Waals surface area contributed by atoms with E-state index in [1.54, 1.807) is 0 Å². The molecule has 0 aliphatic heterocycles. The van der Waals surface area contributed by atoms with Gasteiger partial charge in [0.05, 0.1) is 11.4 Å². The van der Waals surface area contributed by atoms with Gasteiger partial charge in [-0.1, -0.05) is 182 Å². The number of rotatable bonds is 14. The van der Waals surface area contributed by atoms with Crippen molar-refractivity contribution in [1.82, 2.24) is 0 Å². The molecule has 0 atom stereocenters. The lowest BCUT2D eigenvalue weighted by Gasteiger charge is -2.30. The largest absolute Gasteiger partial charge is 0.311 e. The van der Waals surface area contributed by atoms with Crippen molar-refractivity contribution in [2.75, 3.05) is 19.6 Å². The van der Waals surface area contributed by atoms with Crippen LogP contribution in [-0.4, -0.2) is 0 Å². The lowest BCUT2D eigenvalue weighted by molar-refractivity contribution is 1.25. The minimum atomic E-state index is 1.05. The van der Waals surface area contributed by atoms with Gasteiger partial charge in [-0.2, -0.15) is 0 Å². The number of benzene rings is 12. The van der Waals surface area contributed by atoms with Gasteiger partial charge in [0.15, 0.2) is 0 Å². The van der Waals surface area contributed by atoms with Crippen LogP contribution < -0.4 is 19.6 Å². The molecule has 0 heterocycles. The molecule has 0 saturated carbocycles. The van der Waals surface area contributed by atoms with Gasteiger partial charge in [-0.25, -0.2) is 0 Å². The third-order valence-electron chi connectivity index (χ3n) is 13.6. The van der Waals surface area contributed by atoms with E-state index in [0.717, 1.165) is 79.4 Å². The Labute approximate surface area is 433 Å². The van der Waals surface area contributed by atoms with Crippen LogP contribution in [-0.2, 0) is 0 Å². The van der Waals surface area contributed by atoms with Crippen molar-refractivity contribution in [3.05, 3.63) is 314 Å². The predicted molar refractivity (Wildman–Crippen MR) is 316 cm³/mol. The first-order chi connectivity index (χ1) is 36.7. The van der Waals surface area contributed by atoms with Crippen molar-refractivity contribution in [2.45, 2.75) is 0 Å². The fraction of sp³-hybridized carbons (Fsp3) is 0. The first-order valence-electron chi connectivity index (χ1n) is 25.2. The number of para-hydroxylation sites is 4. The number of hydrogen-bond donors (Lipinski definition) is 0. The molecule has 0 amide bonds. The summed E-state index contributed by atoms with van der Waals surface area (Å²) in [5.74, 6) is 0. The average Bonchev–Trinajstić information content (AvgIpc) is 3.48. The Balaban J connectivity index is 0.896. The highest BCUT2D eigenvalue weighted by molar-refractivity contribution is 6.00. The van der Waals surface area contributed by atoms with Crippen molar-refractivity contribution >= 4 is 102 Å². The Bertz CT molecular complexity index is 3590. The van der Waals surface area contributed by atoms with E-state index in [0.29, 0.717) is 0 Å². The average molecular weight is 949 g/mol. The molecule has 0 bridgehead atoms. The van der Waals surface area contributed by atoms with Crippen molar-refractivity contribution in [3.63, 3.8) is 0 Å². The molecule has 12 aromatic carbocycles. The highest BCUT2D eigenvalue weighted by Gasteiger charge is 2.20. The summed E-state index contributed by atoms with van der Waals surface area (Å²) in [7, 11) is 0. The first kappa shape index (κ1) is 45.3. The summed E-state index contributed by atoms with van der Waals surface area (Å²) in [5, 5.41) is 4.80. The molecule has 12 aromatic rings. The molecule has 12 rings (SSSR count). The molecular weight excluding hydrogens is 897 g/mol. The molecule has 352 valence electrons. The SMILES string of the molecule is C(=Cc1ccc(N(c2ccc(N(c3ccccc3)c3cccc4ccccc34)cc2)c2ccc(N(c3ccccc3)c3cccc4ccccc34)cc2)cc1)c1ccc(N(c2ccccc2)c2ccccc2)cc1. The van der Waals surface area contributed by atoms with Crippen molar-refractivity contribution in [2.24, 2.45) is 0 Å². The Morgan fingerprint density at radius 3 is 0.730 bits per heavy atom. The molecule has 74 heavy (non-hydrogen) atoms. The van der Waals surface area contributed by atoms with E-state index in [2.05, 4.69) is 335 Å². The Hall–Kier alpha value is -9.90. The summed E-state index contributed by atoms with van der Waals surface area (Å²) in [4.78, 5) is 9.34. The van der Waals surface area contributed by atoms with E-state index in [-0.39, 0.29) is 0 Å². The Kier molecular flexibility index (Phi) is 12.7. The predicted octanol–water partition coefficient (Wildman–Crippen LogP) is 20.0. The van der Waals surface area contributed by atoms with Crippen LogP contribution in [0.5, 0.6) is 0 Å². The second kappa shape index (κ2) is 20.8. The molecule has 4 heteroatoms. The van der Waals surface area contributed by atoms with Crippen LogP contribution in [0.1, 0.15) is 11.1 Å². The molecule has 0 aliphatic carbocycles. The minimum absolute atomic E-state index is 1.05. The zero-order chi connectivity index (χ0) is 49.5. The topological polar surface area (TPSA) is 13.0 Å². The maximum atomic E-state index is 2.36. The summed E-state index contributed by atoms with van der Waals surface area (Å²) >= 11 is 0. The molecule has 0 fully saturated rings. The molecule has 4 nitrogen and oxygen atoms in total. The van der Waals surface area contributed by atoms with Crippen LogP contribution in [0.25, 0.3) is 33.7 Å². The van der Waals surface area contributed by atoms with Crippen LogP contribution in [0, 0.1) is 0 Å². The second-order valence-electron chi connectivity index (χ2n) is 18.2. The van der Waals surface area contributed by atoms with Crippen LogP contribution in [0.3, 0.4) is 0 Å². The fourth-order valence-electron chi connectivity index (χ4n) is 10.0. The van der Waals surface area contributed by atoms with E-state index in [1.807, 2.05) is 0 Å².